The predicted octanol–water partition coefficient (Wildman–Crippen LogP) is 1.67. The van der Waals surface area contributed by atoms with Gasteiger partial charge in [-0.15, -0.1) is 0 Å². The van der Waals surface area contributed by atoms with E-state index in [4.69, 9.17) is 10.5 Å². The molecule has 7 heteroatoms. The highest BCUT2D eigenvalue weighted by Crippen LogP contribution is 2.16. The SMILES string of the molecule is CCN(CC)c1nc(N)nc(NCCC2CCCCO2)n1. The topological polar surface area (TPSA) is 89.2 Å². The van der Waals surface area contributed by atoms with Crippen LogP contribution in [0.3, 0.4) is 0 Å². The summed E-state index contributed by atoms with van der Waals surface area (Å²) in [4.78, 5) is 14.8. The molecule has 2 heterocycles. The number of nitrogens with one attached hydrogen (secondary N) is 1. The van der Waals surface area contributed by atoms with Crippen molar-refractivity contribution >= 4 is 17.8 Å². The highest BCUT2D eigenvalue weighted by molar-refractivity contribution is 5.41. The molecular formula is C14H26N6O. The zero-order valence-electron chi connectivity index (χ0n) is 13.0. The molecule has 1 atom stereocenters. The lowest BCUT2D eigenvalue weighted by atomic mass is 10.1. The summed E-state index contributed by atoms with van der Waals surface area (Å²) in [5.41, 5.74) is 5.77. The average molecular weight is 294 g/mol. The number of aromatic nitrogens is 3. The van der Waals surface area contributed by atoms with Gasteiger partial charge >= 0.3 is 0 Å². The first-order valence-electron chi connectivity index (χ1n) is 7.85. The molecular weight excluding hydrogens is 268 g/mol. The maximum absolute atomic E-state index is 5.77. The summed E-state index contributed by atoms with van der Waals surface area (Å²) in [5.74, 6) is 1.42. The Morgan fingerprint density at radius 2 is 2.05 bits per heavy atom. The second-order valence-electron chi connectivity index (χ2n) is 5.19. The van der Waals surface area contributed by atoms with Crippen LogP contribution < -0.4 is 16.0 Å². The van der Waals surface area contributed by atoms with Gasteiger partial charge in [0, 0.05) is 26.2 Å². The molecule has 1 aliphatic heterocycles. The van der Waals surface area contributed by atoms with Crippen molar-refractivity contribution in [3.8, 4) is 0 Å². The zero-order chi connectivity index (χ0) is 15.1. The van der Waals surface area contributed by atoms with Gasteiger partial charge in [-0.3, -0.25) is 0 Å². The van der Waals surface area contributed by atoms with Crippen LogP contribution >= 0.6 is 0 Å². The van der Waals surface area contributed by atoms with Gasteiger partial charge < -0.3 is 20.7 Å². The molecule has 0 amide bonds. The Kier molecular flexibility index (Phi) is 5.98. The molecule has 1 aromatic heterocycles. The highest BCUT2D eigenvalue weighted by atomic mass is 16.5. The number of hydrogen-bond acceptors (Lipinski definition) is 7. The fraction of sp³-hybridized carbons (Fsp3) is 0.786. The molecule has 0 aliphatic carbocycles. The van der Waals surface area contributed by atoms with E-state index in [1.54, 1.807) is 0 Å². The molecule has 21 heavy (non-hydrogen) atoms. The quantitative estimate of drug-likeness (QED) is 0.790. The van der Waals surface area contributed by atoms with Crippen molar-refractivity contribution in [2.45, 2.75) is 45.6 Å². The zero-order valence-corrected chi connectivity index (χ0v) is 13.0. The van der Waals surface area contributed by atoms with E-state index in [-0.39, 0.29) is 5.95 Å². The molecule has 1 saturated heterocycles. The summed E-state index contributed by atoms with van der Waals surface area (Å²) in [5, 5.41) is 3.23. The first-order valence-corrected chi connectivity index (χ1v) is 7.85. The van der Waals surface area contributed by atoms with Crippen molar-refractivity contribution in [2.75, 3.05) is 42.2 Å². The van der Waals surface area contributed by atoms with Gasteiger partial charge in [-0.25, -0.2) is 0 Å². The van der Waals surface area contributed by atoms with E-state index >= 15 is 0 Å². The minimum absolute atomic E-state index is 0.253. The predicted molar refractivity (Wildman–Crippen MR) is 84.5 cm³/mol. The van der Waals surface area contributed by atoms with Crippen LogP contribution in [0.25, 0.3) is 0 Å². The number of nitrogen functional groups attached to an aromatic ring is 1. The molecule has 0 saturated carbocycles. The van der Waals surface area contributed by atoms with Crippen molar-refractivity contribution in [1.29, 1.82) is 0 Å². The van der Waals surface area contributed by atoms with Gasteiger partial charge in [0.1, 0.15) is 0 Å². The molecule has 118 valence electrons. The standard InChI is InChI=1S/C14H26N6O/c1-3-20(4-2)14-18-12(15)17-13(19-14)16-9-8-11-7-5-6-10-21-11/h11H,3-10H2,1-2H3,(H3,15,16,17,18,19). The average Bonchev–Trinajstić information content (AvgIpc) is 2.49. The van der Waals surface area contributed by atoms with Gasteiger partial charge in [-0.1, -0.05) is 0 Å². The van der Waals surface area contributed by atoms with Crippen molar-refractivity contribution in [1.82, 2.24) is 15.0 Å². The van der Waals surface area contributed by atoms with Crippen LogP contribution in [-0.2, 0) is 4.74 Å². The first kappa shape index (κ1) is 15.8. The van der Waals surface area contributed by atoms with Crippen LogP contribution in [0.2, 0.25) is 0 Å². The van der Waals surface area contributed by atoms with E-state index in [1.807, 2.05) is 4.90 Å². The molecule has 0 aromatic carbocycles. The third-order valence-corrected chi connectivity index (χ3v) is 3.71. The van der Waals surface area contributed by atoms with Gasteiger partial charge in [0.15, 0.2) is 0 Å². The second kappa shape index (κ2) is 7.97. The third kappa shape index (κ3) is 4.70. The number of nitrogens with zero attached hydrogens (tertiary/aromatic N) is 4. The summed E-state index contributed by atoms with van der Waals surface area (Å²) < 4.78 is 5.71. The summed E-state index contributed by atoms with van der Waals surface area (Å²) in [6.45, 7) is 7.49. The monoisotopic (exact) mass is 294 g/mol. The smallest absolute Gasteiger partial charge is 0.231 e. The summed E-state index contributed by atoms with van der Waals surface area (Å²) in [6.07, 6.45) is 4.90. The van der Waals surface area contributed by atoms with Crippen LogP contribution in [0, 0.1) is 0 Å². The van der Waals surface area contributed by atoms with E-state index in [0.29, 0.717) is 18.0 Å². The summed E-state index contributed by atoms with van der Waals surface area (Å²) in [6, 6.07) is 0. The lowest BCUT2D eigenvalue weighted by Gasteiger charge is -2.22. The Morgan fingerprint density at radius 3 is 2.71 bits per heavy atom. The molecule has 1 unspecified atom stereocenters. The molecule has 0 radical (unpaired) electrons. The molecule has 3 N–H and O–H groups in total. The molecule has 1 aromatic rings. The Labute approximate surface area is 126 Å². The Bertz CT molecular complexity index is 431. The Morgan fingerprint density at radius 1 is 1.24 bits per heavy atom. The summed E-state index contributed by atoms with van der Waals surface area (Å²) >= 11 is 0. The van der Waals surface area contributed by atoms with Crippen LogP contribution in [0.1, 0.15) is 39.5 Å². The molecule has 7 nitrogen and oxygen atoms in total. The minimum atomic E-state index is 0.253. The third-order valence-electron chi connectivity index (χ3n) is 3.71. The number of nitrogens with two attached hydrogens (primary N) is 1. The number of ether oxygens (including phenoxy) is 1. The first-order chi connectivity index (χ1) is 10.2. The molecule has 2 rings (SSSR count). The van der Waals surface area contributed by atoms with Crippen LogP contribution in [0.5, 0.6) is 0 Å². The van der Waals surface area contributed by atoms with Crippen LogP contribution in [-0.4, -0.2) is 47.3 Å². The van der Waals surface area contributed by atoms with Gasteiger partial charge in [0.25, 0.3) is 0 Å². The normalized spacial score (nSPS) is 18.5. The van der Waals surface area contributed by atoms with Gasteiger partial charge in [-0.2, -0.15) is 15.0 Å². The van der Waals surface area contributed by atoms with E-state index in [9.17, 15) is 0 Å². The van der Waals surface area contributed by atoms with Gasteiger partial charge in [0.2, 0.25) is 17.8 Å². The minimum Gasteiger partial charge on any atom is -0.378 e. The number of anilines is 3. The second-order valence-corrected chi connectivity index (χ2v) is 5.19. The maximum Gasteiger partial charge on any atom is 0.231 e. The van der Waals surface area contributed by atoms with Crippen molar-refractivity contribution in [3.63, 3.8) is 0 Å². The fourth-order valence-corrected chi connectivity index (χ4v) is 2.49. The largest absolute Gasteiger partial charge is 0.378 e. The molecule has 0 bridgehead atoms. The van der Waals surface area contributed by atoms with E-state index < -0.39 is 0 Å². The maximum atomic E-state index is 5.77. The summed E-state index contributed by atoms with van der Waals surface area (Å²) in [7, 11) is 0. The lowest BCUT2D eigenvalue weighted by molar-refractivity contribution is 0.0134. The fourth-order valence-electron chi connectivity index (χ4n) is 2.49. The van der Waals surface area contributed by atoms with Crippen LogP contribution in [0.4, 0.5) is 17.8 Å². The van der Waals surface area contributed by atoms with E-state index in [1.165, 1.54) is 12.8 Å². The van der Waals surface area contributed by atoms with E-state index in [2.05, 4.69) is 34.1 Å². The van der Waals surface area contributed by atoms with E-state index in [0.717, 1.165) is 39.1 Å². The molecule has 1 aliphatic rings. The molecule has 0 spiro atoms. The highest BCUT2D eigenvalue weighted by Gasteiger charge is 2.14. The Balaban J connectivity index is 1.90. The lowest BCUT2D eigenvalue weighted by Crippen LogP contribution is -2.26. The van der Waals surface area contributed by atoms with Crippen molar-refractivity contribution in [2.24, 2.45) is 0 Å². The van der Waals surface area contributed by atoms with Crippen LogP contribution in [0.15, 0.2) is 0 Å². The van der Waals surface area contributed by atoms with Crippen molar-refractivity contribution in [3.05, 3.63) is 0 Å². The Hall–Kier alpha value is -1.63. The van der Waals surface area contributed by atoms with Crippen molar-refractivity contribution < 1.29 is 4.74 Å². The van der Waals surface area contributed by atoms with Gasteiger partial charge in [-0.05, 0) is 39.5 Å². The number of hydrogen-bond donors (Lipinski definition) is 2. The molecule has 1 fully saturated rings. The van der Waals surface area contributed by atoms with Gasteiger partial charge in [0.05, 0.1) is 6.10 Å². The number of rotatable bonds is 7.